The minimum Gasteiger partial charge on any atom is -0.463 e. The van der Waals surface area contributed by atoms with E-state index in [9.17, 15) is 19.2 Å². The molecule has 0 aromatic carbocycles. The fourth-order valence-corrected chi connectivity index (χ4v) is 3.21. The summed E-state index contributed by atoms with van der Waals surface area (Å²) in [5.41, 5.74) is 7.83. The zero-order chi connectivity index (χ0) is 19.9. The number of carbonyl (C=O) groups excluding carboxylic acids is 4. The third kappa shape index (κ3) is 6.54. The maximum Gasteiger partial charge on any atom is 0.303 e. The average Bonchev–Trinajstić information content (AvgIpc) is 2.50. The summed E-state index contributed by atoms with van der Waals surface area (Å²) >= 11 is 0.711. The zero-order valence-corrected chi connectivity index (χ0v) is 15.4. The molecule has 0 aliphatic carbocycles. The first-order chi connectivity index (χ1) is 12.1. The van der Waals surface area contributed by atoms with Gasteiger partial charge in [-0.25, -0.2) is 0 Å². The van der Waals surface area contributed by atoms with Crippen LogP contribution in [0.4, 0.5) is 0 Å². The van der Waals surface area contributed by atoms with Gasteiger partial charge in [0.15, 0.2) is 5.12 Å². The van der Waals surface area contributed by atoms with Gasteiger partial charge in [0.25, 0.3) is 0 Å². The summed E-state index contributed by atoms with van der Waals surface area (Å²) < 4.78 is 20.9. The molecule has 5 atom stereocenters. The molecular formula is C14H19N3O8S. The van der Waals surface area contributed by atoms with Crippen LogP contribution in [0.2, 0.25) is 0 Å². The van der Waals surface area contributed by atoms with E-state index in [1.807, 2.05) is 0 Å². The van der Waals surface area contributed by atoms with Gasteiger partial charge in [0.1, 0.15) is 36.4 Å². The second kappa shape index (κ2) is 10.00. The van der Waals surface area contributed by atoms with Gasteiger partial charge in [-0.1, -0.05) is 16.9 Å². The molecule has 0 spiro atoms. The summed E-state index contributed by atoms with van der Waals surface area (Å²) in [6.07, 6.45) is -3.40. The molecule has 0 saturated carbocycles. The molecule has 0 bridgehead atoms. The largest absolute Gasteiger partial charge is 0.463 e. The monoisotopic (exact) mass is 389 g/mol. The van der Waals surface area contributed by atoms with Gasteiger partial charge >= 0.3 is 17.9 Å². The fourth-order valence-electron chi connectivity index (χ4n) is 2.33. The molecule has 0 radical (unpaired) electrons. The number of azide groups is 1. The van der Waals surface area contributed by atoms with E-state index in [2.05, 4.69) is 10.0 Å². The predicted octanol–water partition coefficient (Wildman–Crippen LogP) is 1.10. The Morgan fingerprint density at radius 2 is 1.62 bits per heavy atom. The molecular weight excluding hydrogens is 370 g/mol. The zero-order valence-electron chi connectivity index (χ0n) is 14.6. The van der Waals surface area contributed by atoms with Crippen molar-refractivity contribution >= 4 is 34.8 Å². The summed E-state index contributed by atoms with van der Waals surface area (Å²) in [7, 11) is 0. The van der Waals surface area contributed by atoms with Gasteiger partial charge in [-0.2, -0.15) is 0 Å². The molecule has 0 aromatic rings. The normalized spacial score (nSPS) is 27.6. The maximum absolute atomic E-state index is 11.5. The molecule has 12 heteroatoms. The number of nitrogens with zero attached hydrogens (tertiary/aromatic N) is 3. The summed E-state index contributed by atoms with van der Waals surface area (Å²) in [5.74, 6) is -2.01. The van der Waals surface area contributed by atoms with Crippen molar-refractivity contribution in [2.24, 2.45) is 5.11 Å². The Kier molecular flexibility index (Phi) is 8.36. The van der Waals surface area contributed by atoms with Crippen LogP contribution < -0.4 is 0 Å². The van der Waals surface area contributed by atoms with Crippen LogP contribution >= 0.6 is 11.8 Å². The van der Waals surface area contributed by atoms with Crippen molar-refractivity contribution in [3.63, 3.8) is 0 Å². The van der Waals surface area contributed by atoms with E-state index in [0.717, 1.165) is 13.8 Å². The van der Waals surface area contributed by atoms with E-state index >= 15 is 0 Å². The van der Waals surface area contributed by atoms with Gasteiger partial charge in [-0.3, -0.25) is 19.2 Å². The number of hydrogen-bond acceptors (Lipinski definition) is 10. The van der Waals surface area contributed by atoms with Crippen molar-refractivity contribution in [3.8, 4) is 0 Å². The number of hydrogen-bond donors (Lipinski definition) is 0. The first-order valence-electron chi connectivity index (χ1n) is 7.50. The molecule has 144 valence electrons. The topological polar surface area (TPSA) is 154 Å². The molecule has 0 N–H and O–H groups in total. The van der Waals surface area contributed by atoms with Crippen LogP contribution in [-0.4, -0.2) is 59.4 Å². The van der Waals surface area contributed by atoms with Crippen molar-refractivity contribution in [1.82, 2.24) is 0 Å². The highest BCUT2D eigenvalue weighted by Crippen LogP contribution is 2.34. The standard InChI is InChI=1S/C14H19N3O8S/c1-6(18)22-5-10-12(23-7(2)19)11(16-17-15)13(24-8(3)20)14(25-10)26-9(4)21/h10-14H,5H2,1-4H3/t10-,11+,12+,13-,14?/m1/s1. The molecule has 0 aromatic heterocycles. The van der Waals surface area contributed by atoms with Gasteiger partial charge in [-0.15, -0.1) is 0 Å². The summed E-state index contributed by atoms with van der Waals surface area (Å²) in [4.78, 5) is 48.2. The lowest BCUT2D eigenvalue weighted by Gasteiger charge is -2.43. The minimum atomic E-state index is -1.18. The van der Waals surface area contributed by atoms with E-state index < -0.39 is 47.7 Å². The highest BCUT2D eigenvalue weighted by molar-refractivity contribution is 8.14. The smallest absolute Gasteiger partial charge is 0.303 e. The molecule has 0 amide bonds. The molecule has 11 nitrogen and oxygen atoms in total. The maximum atomic E-state index is 11.5. The Morgan fingerprint density at radius 1 is 1.04 bits per heavy atom. The Hall–Kier alpha value is -2.30. The molecule has 1 aliphatic rings. The number of carbonyl (C=O) groups is 4. The van der Waals surface area contributed by atoms with Crippen molar-refractivity contribution in [2.45, 2.75) is 57.5 Å². The molecule has 1 aliphatic heterocycles. The summed E-state index contributed by atoms with van der Waals surface area (Å²) in [6, 6.07) is -1.18. The van der Waals surface area contributed by atoms with Crippen LogP contribution in [0.1, 0.15) is 27.7 Å². The lowest BCUT2D eigenvalue weighted by atomic mass is 9.97. The van der Waals surface area contributed by atoms with E-state index in [-0.39, 0.29) is 11.7 Å². The van der Waals surface area contributed by atoms with Crippen LogP contribution in [0.25, 0.3) is 10.4 Å². The van der Waals surface area contributed by atoms with Crippen LogP contribution in [0.15, 0.2) is 5.11 Å². The van der Waals surface area contributed by atoms with Gasteiger partial charge in [0.05, 0.1) is 0 Å². The summed E-state index contributed by atoms with van der Waals surface area (Å²) in [6.45, 7) is 4.41. The Morgan fingerprint density at radius 3 is 2.08 bits per heavy atom. The molecule has 1 fully saturated rings. The second-order valence-electron chi connectivity index (χ2n) is 5.30. The van der Waals surface area contributed by atoms with Crippen molar-refractivity contribution in [2.75, 3.05) is 6.61 Å². The molecule has 1 heterocycles. The number of esters is 3. The Bertz CT molecular complexity index is 621. The third-order valence-corrected chi connectivity index (χ3v) is 4.08. The van der Waals surface area contributed by atoms with Crippen LogP contribution in [-0.2, 0) is 38.1 Å². The number of thioether (sulfide) groups is 1. The highest BCUT2D eigenvalue weighted by atomic mass is 32.2. The minimum absolute atomic E-state index is 0.313. The lowest BCUT2D eigenvalue weighted by Crippen LogP contribution is -2.59. The first-order valence-corrected chi connectivity index (χ1v) is 8.38. The first kappa shape index (κ1) is 21.7. The molecule has 1 saturated heterocycles. The number of ether oxygens (including phenoxy) is 4. The molecule has 1 unspecified atom stereocenters. The van der Waals surface area contributed by atoms with Gasteiger partial charge < -0.3 is 18.9 Å². The average molecular weight is 389 g/mol. The highest BCUT2D eigenvalue weighted by Gasteiger charge is 2.50. The molecule has 1 rings (SSSR count). The third-order valence-electron chi connectivity index (χ3n) is 3.14. The van der Waals surface area contributed by atoms with Gasteiger partial charge in [0, 0.05) is 32.6 Å². The van der Waals surface area contributed by atoms with Crippen LogP contribution in [0.3, 0.4) is 0 Å². The van der Waals surface area contributed by atoms with Gasteiger partial charge in [0.2, 0.25) is 0 Å². The Labute approximate surface area is 153 Å². The Balaban J connectivity index is 3.27. The van der Waals surface area contributed by atoms with Crippen molar-refractivity contribution in [1.29, 1.82) is 0 Å². The predicted molar refractivity (Wildman–Crippen MR) is 87.6 cm³/mol. The van der Waals surface area contributed by atoms with E-state index in [0.29, 0.717) is 11.8 Å². The SMILES string of the molecule is CC(=O)OC[C@H]1OC(SC(C)=O)[C@H](OC(C)=O)[C@@H](N=[N+]=[N-])[C@H]1OC(C)=O. The lowest BCUT2D eigenvalue weighted by molar-refractivity contribution is -0.201. The fraction of sp³-hybridized carbons (Fsp3) is 0.714. The van der Waals surface area contributed by atoms with Crippen LogP contribution in [0, 0.1) is 0 Å². The second-order valence-corrected chi connectivity index (χ2v) is 6.57. The van der Waals surface area contributed by atoms with Crippen molar-refractivity contribution in [3.05, 3.63) is 10.4 Å². The van der Waals surface area contributed by atoms with E-state index in [1.165, 1.54) is 13.8 Å². The van der Waals surface area contributed by atoms with E-state index in [4.69, 9.17) is 24.5 Å². The van der Waals surface area contributed by atoms with Crippen molar-refractivity contribution < 1.29 is 38.1 Å². The van der Waals surface area contributed by atoms with E-state index in [1.54, 1.807) is 0 Å². The molecule has 26 heavy (non-hydrogen) atoms. The summed E-state index contributed by atoms with van der Waals surface area (Å²) in [5, 5.41) is 3.22. The quantitative estimate of drug-likeness (QED) is 0.213. The van der Waals surface area contributed by atoms with Crippen LogP contribution in [0.5, 0.6) is 0 Å². The van der Waals surface area contributed by atoms with Gasteiger partial charge in [-0.05, 0) is 5.53 Å². The number of rotatable bonds is 6.